The van der Waals surface area contributed by atoms with E-state index in [0.29, 0.717) is 12.1 Å². The second kappa shape index (κ2) is 6.34. The molecule has 0 spiro atoms. The van der Waals surface area contributed by atoms with Crippen molar-refractivity contribution >= 4 is 5.84 Å². The first-order valence-corrected chi connectivity index (χ1v) is 6.03. The highest BCUT2D eigenvalue weighted by atomic mass is 16.5. The molecule has 1 heterocycles. The van der Waals surface area contributed by atoms with E-state index in [9.17, 15) is 5.26 Å². The van der Waals surface area contributed by atoms with Crippen LogP contribution in [0.5, 0.6) is 5.75 Å². The second-order valence-electron chi connectivity index (χ2n) is 4.12. The summed E-state index contributed by atoms with van der Waals surface area (Å²) in [6, 6.07) is 10.9. The number of aromatic nitrogens is 1. The van der Waals surface area contributed by atoms with Crippen LogP contribution in [0.2, 0.25) is 0 Å². The lowest BCUT2D eigenvalue weighted by Gasteiger charge is -2.16. The molecule has 0 atom stereocenters. The Morgan fingerprint density at radius 2 is 2.10 bits per heavy atom. The summed E-state index contributed by atoms with van der Waals surface area (Å²) >= 11 is 0. The third-order valence-electron chi connectivity index (χ3n) is 2.83. The lowest BCUT2D eigenvalue weighted by molar-refractivity contribution is 0.414. The molecule has 5 heteroatoms. The predicted octanol–water partition coefficient (Wildman–Crippen LogP) is 2.40. The van der Waals surface area contributed by atoms with Crippen LogP contribution in [0.15, 0.2) is 48.8 Å². The predicted molar refractivity (Wildman–Crippen MR) is 75.2 cm³/mol. The molecule has 0 saturated heterocycles. The Balaban J connectivity index is 2.13. The molecule has 2 aromatic rings. The summed E-state index contributed by atoms with van der Waals surface area (Å²) in [5, 5.41) is 17.3. The maximum Gasteiger partial charge on any atom is 0.185 e. The van der Waals surface area contributed by atoms with Crippen LogP contribution in [0.25, 0.3) is 0 Å². The summed E-state index contributed by atoms with van der Waals surface area (Å²) in [5.41, 5.74) is 1.54. The van der Waals surface area contributed by atoms with Crippen molar-refractivity contribution in [3.8, 4) is 11.9 Å². The van der Waals surface area contributed by atoms with Gasteiger partial charge in [-0.3, -0.25) is 15.3 Å². The summed E-state index contributed by atoms with van der Waals surface area (Å²) in [5.74, 6) is 0.899. The zero-order valence-corrected chi connectivity index (χ0v) is 11.1. The first-order valence-electron chi connectivity index (χ1n) is 6.03. The Labute approximate surface area is 117 Å². The second-order valence-corrected chi connectivity index (χ2v) is 4.12. The van der Waals surface area contributed by atoms with E-state index in [1.54, 1.807) is 31.6 Å². The Kier molecular flexibility index (Phi) is 4.30. The minimum absolute atomic E-state index is 0.136. The largest absolute Gasteiger partial charge is 0.497 e. The van der Waals surface area contributed by atoms with E-state index < -0.39 is 0 Å². The lowest BCUT2D eigenvalue weighted by Crippen LogP contribution is -2.25. The monoisotopic (exact) mass is 266 g/mol. The van der Waals surface area contributed by atoms with Crippen molar-refractivity contribution in [2.24, 2.45) is 0 Å². The SMILES string of the molecule is COc1ccc(CN(C#N)C(=N)c2cccnc2)cc1. The highest BCUT2D eigenvalue weighted by molar-refractivity contribution is 5.96. The summed E-state index contributed by atoms with van der Waals surface area (Å²) in [7, 11) is 1.61. The molecule has 0 aliphatic carbocycles. The molecule has 1 aromatic carbocycles. The average molecular weight is 266 g/mol. The smallest absolute Gasteiger partial charge is 0.185 e. The van der Waals surface area contributed by atoms with E-state index in [-0.39, 0.29) is 5.84 Å². The van der Waals surface area contributed by atoms with Crippen LogP contribution >= 0.6 is 0 Å². The molecule has 1 N–H and O–H groups in total. The number of methoxy groups -OCH3 is 1. The van der Waals surface area contributed by atoms with Gasteiger partial charge in [-0.2, -0.15) is 5.26 Å². The number of nitriles is 1. The Morgan fingerprint density at radius 3 is 2.65 bits per heavy atom. The number of nitrogens with one attached hydrogen (secondary N) is 1. The van der Waals surface area contributed by atoms with Crippen LogP contribution in [0.4, 0.5) is 0 Å². The first kappa shape index (κ1) is 13.6. The maximum absolute atomic E-state index is 9.21. The number of ether oxygens (including phenoxy) is 1. The maximum atomic E-state index is 9.21. The number of hydrogen-bond acceptors (Lipinski definition) is 4. The van der Waals surface area contributed by atoms with Gasteiger partial charge in [-0.1, -0.05) is 12.1 Å². The lowest BCUT2D eigenvalue weighted by atomic mass is 10.2. The van der Waals surface area contributed by atoms with Gasteiger partial charge in [-0.05, 0) is 29.8 Å². The van der Waals surface area contributed by atoms with Gasteiger partial charge in [-0.15, -0.1) is 0 Å². The molecule has 0 aliphatic heterocycles. The van der Waals surface area contributed by atoms with Gasteiger partial charge < -0.3 is 4.74 Å². The molecule has 0 aliphatic rings. The number of pyridine rings is 1. The van der Waals surface area contributed by atoms with Crippen LogP contribution < -0.4 is 4.74 Å². The molecule has 5 nitrogen and oxygen atoms in total. The normalized spacial score (nSPS) is 9.60. The third-order valence-corrected chi connectivity index (χ3v) is 2.83. The van der Waals surface area contributed by atoms with E-state index in [0.717, 1.165) is 11.3 Å². The third kappa shape index (κ3) is 3.12. The number of rotatable bonds is 4. The van der Waals surface area contributed by atoms with Gasteiger partial charge >= 0.3 is 0 Å². The van der Waals surface area contributed by atoms with Gasteiger partial charge in [0.05, 0.1) is 13.7 Å². The molecular weight excluding hydrogens is 252 g/mol. The summed E-state index contributed by atoms with van der Waals surface area (Å²) in [6.07, 6.45) is 5.23. The van der Waals surface area contributed by atoms with Crippen molar-refractivity contribution in [3.05, 3.63) is 59.9 Å². The number of nitrogens with zero attached hydrogens (tertiary/aromatic N) is 3. The molecule has 0 saturated carbocycles. The van der Waals surface area contributed by atoms with Crippen LogP contribution in [0.3, 0.4) is 0 Å². The number of benzene rings is 1. The fourth-order valence-electron chi connectivity index (χ4n) is 1.74. The van der Waals surface area contributed by atoms with Crippen LogP contribution in [0.1, 0.15) is 11.1 Å². The zero-order chi connectivity index (χ0) is 14.4. The molecule has 0 amide bonds. The minimum atomic E-state index is 0.136. The van der Waals surface area contributed by atoms with E-state index in [2.05, 4.69) is 4.98 Å². The quantitative estimate of drug-likeness (QED) is 0.399. The average Bonchev–Trinajstić information content (AvgIpc) is 2.53. The van der Waals surface area contributed by atoms with Crippen molar-refractivity contribution < 1.29 is 4.74 Å². The van der Waals surface area contributed by atoms with E-state index in [4.69, 9.17) is 10.1 Å². The van der Waals surface area contributed by atoms with Crippen molar-refractivity contribution in [1.29, 1.82) is 10.7 Å². The number of hydrogen-bond donors (Lipinski definition) is 1. The highest BCUT2D eigenvalue weighted by Gasteiger charge is 2.12. The molecule has 20 heavy (non-hydrogen) atoms. The number of amidine groups is 1. The molecule has 0 fully saturated rings. The molecule has 0 radical (unpaired) electrons. The van der Waals surface area contributed by atoms with Crippen LogP contribution in [-0.2, 0) is 6.54 Å². The fourth-order valence-corrected chi connectivity index (χ4v) is 1.74. The Bertz CT molecular complexity index is 617. The van der Waals surface area contributed by atoms with Gasteiger partial charge in [-0.25, -0.2) is 0 Å². The van der Waals surface area contributed by atoms with Gasteiger partial charge in [0.1, 0.15) is 11.6 Å². The van der Waals surface area contributed by atoms with E-state index in [1.165, 1.54) is 4.90 Å². The van der Waals surface area contributed by atoms with Gasteiger partial charge in [0.25, 0.3) is 0 Å². The summed E-state index contributed by atoms with van der Waals surface area (Å²) in [4.78, 5) is 5.28. The van der Waals surface area contributed by atoms with Crippen molar-refractivity contribution in [2.45, 2.75) is 6.54 Å². The van der Waals surface area contributed by atoms with Gasteiger partial charge in [0, 0.05) is 18.0 Å². The van der Waals surface area contributed by atoms with E-state index >= 15 is 0 Å². The van der Waals surface area contributed by atoms with Crippen molar-refractivity contribution in [1.82, 2.24) is 9.88 Å². The fraction of sp³-hybridized carbons (Fsp3) is 0.133. The summed E-state index contributed by atoms with van der Waals surface area (Å²) < 4.78 is 5.09. The van der Waals surface area contributed by atoms with Gasteiger partial charge in [0.15, 0.2) is 6.19 Å². The van der Waals surface area contributed by atoms with Crippen molar-refractivity contribution in [2.75, 3.05) is 7.11 Å². The van der Waals surface area contributed by atoms with Crippen LogP contribution in [-0.4, -0.2) is 22.8 Å². The minimum Gasteiger partial charge on any atom is -0.497 e. The first-order chi connectivity index (χ1) is 9.74. The van der Waals surface area contributed by atoms with E-state index in [1.807, 2.05) is 30.5 Å². The molecule has 2 rings (SSSR count). The molecular formula is C15H14N4O. The Hall–Kier alpha value is -2.87. The molecule has 1 aromatic heterocycles. The van der Waals surface area contributed by atoms with Crippen LogP contribution in [0, 0.1) is 16.9 Å². The zero-order valence-electron chi connectivity index (χ0n) is 11.1. The molecule has 0 bridgehead atoms. The van der Waals surface area contributed by atoms with Gasteiger partial charge in [0.2, 0.25) is 0 Å². The highest BCUT2D eigenvalue weighted by Crippen LogP contribution is 2.14. The topological polar surface area (TPSA) is 73.0 Å². The molecule has 100 valence electrons. The Morgan fingerprint density at radius 1 is 1.35 bits per heavy atom. The molecule has 0 unspecified atom stereocenters. The van der Waals surface area contributed by atoms with Crippen molar-refractivity contribution in [3.63, 3.8) is 0 Å². The summed E-state index contributed by atoms with van der Waals surface area (Å²) in [6.45, 7) is 0.341. The standard InChI is InChI=1S/C15H14N4O/c1-20-14-6-4-12(5-7-14)10-19(11-16)15(17)13-3-2-8-18-9-13/h2-9,17H,10H2,1H3.